The van der Waals surface area contributed by atoms with Crippen molar-refractivity contribution in [2.75, 3.05) is 16.8 Å². The number of amides is 2. The molecule has 0 saturated carbocycles. The number of carbonyl (C=O) groups excluding carboxylic acids is 2. The summed E-state index contributed by atoms with van der Waals surface area (Å²) in [7, 11) is 1.97. The molecule has 7 heteroatoms. The Morgan fingerprint density at radius 1 is 1.12 bits per heavy atom. The van der Waals surface area contributed by atoms with Crippen LogP contribution < -0.4 is 10.2 Å². The molecular weight excluding hydrogens is 419 g/mol. The van der Waals surface area contributed by atoms with Crippen molar-refractivity contribution in [2.24, 2.45) is 7.05 Å². The van der Waals surface area contributed by atoms with Gasteiger partial charge >= 0.3 is 0 Å². The summed E-state index contributed by atoms with van der Waals surface area (Å²) in [5.74, 6) is -0.860. The first-order valence-corrected chi connectivity index (χ1v) is 10.9. The minimum atomic E-state index is -0.429. The number of aromatic nitrogens is 2. The first-order chi connectivity index (χ1) is 16.0. The monoisotopic (exact) mass is 442 g/mol. The van der Waals surface area contributed by atoms with Gasteiger partial charge in [-0.05, 0) is 48.7 Å². The third-order valence-electron chi connectivity index (χ3n) is 6.00. The summed E-state index contributed by atoms with van der Waals surface area (Å²) in [4.78, 5) is 32.3. The smallest absolute Gasteiger partial charge is 0.257 e. The number of pyridine rings is 1. The Morgan fingerprint density at radius 2 is 1.97 bits per heavy atom. The average molecular weight is 442 g/mol. The lowest BCUT2D eigenvalue weighted by Crippen LogP contribution is -2.37. The van der Waals surface area contributed by atoms with Crippen molar-refractivity contribution in [3.8, 4) is 0 Å². The van der Waals surface area contributed by atoms with E-state index in [4.69, 9.17) is 0 Å². The highest BCUT2D eigenvalue weighted by atomic mass is 19.1. The van der Waals surface area contributed by atoms with E-state index < -0.39 is 11.7 Å². The highest BCUT2D eigenvalue weighted by molar-refractivity contribution is 6.06. The van der Waals surface area contributed by atoms with Crippen LogP contribution in [0.3, 0.4) is 0 Å². The zero-order valence-corrected chi connectivity index (χ0v) is 18.2. The van der Waals surface area contributed by atoms with Crippen molar-refractivity contribution >= 4 is 34.1 Å². The van der Waals surface area contributed by atoms with Crippen molar-refractivity contribution in [1.29, 1.82) is 0 Å². The molecule has 2 aromatic heterocycles. The standard InChI is InChI=1S/C26H23FN4O2/c1-30-16-18(21-8-2-3-10-23(21)30)13-25(32)31-11-5-9-22-24(31)12-17(15-28-22)26(33)29-20-7-4-6-19(27)14-20/h2-4,6-8,10,12,14-16H,5,9,11,13H2,1H3,(H,29,33). The van der Waals surface area contributed by atoms with Crippen molar-refractivity contribution in [3.63, 3.8) is 0 Å². The van der Waals surface area contributed by atoms with E-state index in [1.54, 1.807) is 17.0 Å². The predicted octanol–water partition coefficient (Wildman–Crippen LogP) is 4.49. The molecule has 0 saturated heterocycles. The Bertz CT molecular complexity index is 1380. The molecule has 3 heterocycles. The number of para-hydroxylation sites is 1. The first kappa shape index (κ1) is 20.9. The van der Waals surface area contributed by atoms with Crippen LogP contribution in [0.4, 0.5) is 15.8 Å². The Labute approximate surface area is 190 Å². The van der Waals surface area contributed by atoms with Crippen molar-refractivity contribution in [2.45, 2.75) is 19.3 Å². The second-order valence-corrected chi connectivity index (χ2v) is 8.26. The van der Waals surface area contributed by atoms with Gasteiger partial charge in [-0.1, -0.05) is 24.3 Å². The fourth-order valence-electron chi connectivity index (χ4n) is 4.41. The molecule has 1 aliphatic heterocycles. The minimum Gasteiger partial charge on any atom is -0.350 e. The molecule has 1 aliphatic rings. The summed E-state index contributed by atoms with van der Waals surface area (Å²) in [6.45, 7) is 0.577. The van der Waals surface area contributed by atoms with E-state index >= 15 is 0 Å². The fourth-order valence-corrected chi connectivity index (χ4v) is 4.41. The Hall–Kier alpha value is -4.00. The van der Waals surface area contributed by atoms with Gasteiger partial charge in [-0.3, -0.25) is 14.6 Å². The third-order valence-corrected chi connectivity index (χ3v) is 6.00. The van der Waals surface area contributed by atoms with Gasteiger partial charge in [-0.25, -0.2) is 4.39 Å². The molecule has 0 unspecified atom stereocenters. The lowest BCUT2D eigenvalue weighted by molar-refractivity contribution is -0.118. The van der Waals surface area contributed by atoms with E-state index in [2.05, 4.69) is 10.3 Å². The summed E-state index contributed by atoms with van der Waals surface area (Å²) in [5.41, 5.74) is 4.20. The molecule has 1 N–H and O–H groups in total. The number of anilines is 2. The number of nitrogens with zero attached hydrogens (tertiary/aromatic N) is 3. The molecule has 166 valence electrons. The summed E-state index contributed by atoms with van der Waals surface area (Å²) in [5, 5.41) is 3.75. The molecule has 5 rings (SSSR count). The van der Waals surface area contributed by atoms with Crippen molar-refractivity contribution < 1.29 is 14.0 Å². The number of nitrogens with one attached hydrogen (secondary N) is 1. The van der Waals surface area contributed by atoms with Gasteiger partial charge in [-0.2, -0.15) is 0 Å². The molecule has 4 aromatic rings. The average Bonchev–Trinajstić information content (AvgIpc) is 3.13. The zero-order valence-electron chi connectivity index (χ0n) is 18.2. The molecule has 6 nitrogen and oxygen atoms in total. The summed E-state index contributed by atoms with van der Waals surface area (Å²) in [6, 6.07) is 15.4. The lowest BCUT2D eigenvalue weighted by atomic mass is 10.0. The van der Waals surface area contributed by atoms with Crippen LogP contribution in [0, 0.1) is 5.82 Å². The van der Waals surface area contributed by atoms with E-state index in [0.29, 0.717) is 23.5 Å². The summed E-state index contributed by atoms with van der Waals surface area (Å²) in [6.07, 6.45) is 5.33. The van der Waals surface area contributed by atoms with Crippen LogP contribution >= 0.6 is 0 Å². The largest absolute Gasteiger partial charge is 0.350 e. The third kappa shape index (κ3) is 4.09. The van der Waals surface area contributed by atoms with Crippen LogP contribution in [0.1, 0.15) is 28.0 Å². The van der Waals surface area contributed by atoms with Crippen LogP contribution in [0.5, 0.6) is 0 Å². The van der Waals surface area contributed by atoms with Crippen LogP contribution in [0.15, 0.2) is 67.0 Å². The Morgan fingerprint density at radius 3 is 2.82 bits per heavy atom. The second kappa shape index (κ2) is 8.50. The van der Waals surface area contributed by atoms with Gasteiger partial charge in [-0.15, -0.1) is 0 Å². The molecule has 0 bridgehead atoms. The molecule has 2 aromatic carbocycles. The van der Waals surface area contributed by atoms with Gasteiger partial charge in [0.05, 0.1) is 23.4 Å². The molecule has 0 radical (unpaired) electrons. The fraction of sp³-hybridized carbons (Fsp3) is 0.192. The van der Waals surface area contributed by atoms with E-state index in [1.165, 1.54) is 24.4 Å². The number of hydrogen-bond donors (Lipinski definition) is 1. The number of benzene rings is 2. The van der Waals surface area contributed by atoms with Gasteiger partial charge in [0.15, 0.2) is 0 Å². The number of rotatable bonds is 4. The van der Waals surface area contributed by atoms with Crippen LogP contribution in [0.25, 0.3) is 10.9 Å². The van der Waals surface area contributed by atoms with E-state index in [0.717, 1.165) is 35.0 Å². The zero-order chi connectivity index (χ0) is 22.9. The number of fused-ring (bicyclic) bond motifs is 2. The predicted molar refractivity (Wildman–Crippen MR) is 126 cm³/mol. The van der Waals surface area contributed by atoms with Gasteiger partial charge in [0.25, 0.3) is 5.91 Å². The maximum absolute atomic E-state index is 13.5. The number of hydrogen-bond acceptors (Lipinski definition) is 3. The maximum atomic E-state index is 13.5. The normalized spacial score (nSPS) is 13.1. The van der Waals surface area contributed by atoms with Gasteiger partial charge in [0.2, 0.25) is 5.91 Å². The van der Waals surface area contributed by atoms with Crippen LogP contribution in [-0.4, -0.2) is 27.9 Å². The molecule has 0 atom stereocenters. The van der Waals surface area contributed by atoms with E-state index in [-0.39, 0.29) is 12.3 Å². The second-order valence-electron chi connectivity index (χ2n) is 8.26. The van der Waals surface area contributed by atoms with Crippen LogP contribution in [0.2, 0.25) is 0 Å². The number of aryl methyl sites for hydroxylation is 2. The Kier molecular flexibility index (Phi) is 5.38. The molecule has 0 aliphatic carbocycles. The van der Waals surface area contributed by atoms with Gasteiger partial charge in [0, 0.05) is 42.6 Å². The van der Waals surface area contributed by atoms with E-state index in [9.17, 15) is 14.0 Å². The van der Waals surface area contributed by atoms with Crippen LogP contribution in [-0.2, 0) is 24.7 Å². The topological polar surface area (TPSA) is 67.2 Å². The lowest BCUT2D eigenvalue weighted by Gasteiger charge is -2.29. The highest BCUT2D eigenvalue weighted by Gasteiger charge is 2.26. The quantitative estimate of drug-likeness (QED) is 0.507. The SMILES string of the molecule is Cn1cc(CC(=O)N2CCCc3ncc(C(=O)Nc4cccc(F)c4)cc32)c2ccccc21. The van der Waals surface area contributed by atoms with Crippen molar-refractivity contribution in [3.05, 3.63) is 89.6 Å². The summed E-state index contributed by atoms with van der Waals surface area (Å²) < 4.78 is 15.5. The molecule has 0 fully saturated rings. The molecule has 33 heavy (non-hydrogen) atoms. The minimum absolute atomic E-state index is 0.0307. The van der Waals surface area contributed by atoms with Crippen molar-refractivity contribution in [1.82, 2.24) is 9.55 Å². The summed E-state index contributed by atoms with van der Waals surface area (Å²) >= 11 is 0. The molecule has 2 amide bonds. The van der Waals surface area contributed by atoms with Gasteiger partial charge in [0.1, 0.15) is 5.82 Å². The number of carbonyl (C=O) groups is 2. The number of halogens is 1. The molecular formula is C26H23FN4O2. The first-order valence-electron chi connectivity index (χ1n) is 10.9. The maximum Gasteiger partial charge on any atom is 0.257 e. The molecule has 0 spiro atoms. The highest BCUT2D eigenvalue weighted by Crippen LogP contribution is 2.29. The van der Waals surface area contributed by atoms with Gasteiger partial charge < -0.3 is 14.8 Å². The Balaban J connectivity index is 1.41. The van der Waals surface area contributed by atoms with E-state index in [1.807, 2.05) is 42.1 Å².